The van der Waals surface area contributed by atoms with E-state index in [0.29, 0.717) is 11.8 Å². The maximum Gasteiger partial charge on any atom is 0.224 e. The van der Waals surface area contributed by atoms with E-state index in [2.05, 4.69) is 35.2 Å². The van der Waals surface area contributed by atoms with Gasteiger partial charge in [-0.15, -0.1) is 0 Å². The molecule has 1 unspecified atom stereocenters. The van der Waals surface area contributed by atoms with Crippen molar-refractivity contribution in [2.24, 2.45) is 0 Å². The van der Waals surface area contributed by atoms with E-state index in [1.165, 1.54) is 5.56 Å². The molecule has 0 bridgehead atoms. The second-order valence-corrected chi connectivity index (χ2v) is 5.06. The summed E-state index contributed by atoms with van der Waals surface area (Å²) < 4.78 is 6.03. The maximum atomic E-state index is 6.03. The van der Waals surface area contributed by atoms with Crippen LogP contribution in [0, 0.1) is 0 Å². The average molecular weight is 285 g/mol. The van der Waals surface area contributed by atoms with E-state index >= 15 is 0 Å². The summed E-state index contributed by atoms with van der Waals surface area (Å²) in [6.45, 7) is 6.42. The number of hydrogen-bond acceptors (Lipinski definition) is 4. The van der Waals surface area contributed by atoms with Gasteiger partial charge < -0.3 is 10.1 Å². The van der Waals surface area contributed by atoms with E-state index in [1.54, 1.807) is 0 Å². The zero-order chi connectivity index (χ0) is 15.2. The maximum absolute atomic E-state index is 6.03. The van der Waals surface area contributed by atoms with Gasteiger partial charge in [0, 0.05) is 19.5 Å². The number of nitrogens with one attached hydrogen (secondary N) is 1. The Morgan fingerprint density at radius 3 is 2.62 bits per heavy atom. The monoisotopic (exact) mass is 285 g/mol. The van der Waals surface area contributed by atoms with Gasteiger partial charge in [-0.3, -0.25) is 0 Å². The molecule has 0 saturated carbocycles. The molecule has 2 rings (SSSR count). The number of rotatable bonds is 6. The van der Waals surface area contributed by atoms with Crippen LogP contribution in [0.1, 0.15) is 44.5 Å². The van der Waals surface area contributed by atoms with E-state index in [0.717, 1.165) is 30.2 Å². The standard InChI is InChI=1S/C17H23N3O/c1-5-12(3)13-9-7-8-10-14(13)21-17-11-16(18-4)19-15(6-2)20-17/h7-12H,5-6H2,1-4H3,(H,18,19,20). The van der Waals surface area contributed by atoms with E-state index in [4.69, 9.17) is 4.74 Å². The molecular formula is C17H23N3O. The summed E-state index contributed by atoms with van der Waals surface area (Å²) in [4.78, 5) is 8.83. The van der Waals surface area contributed by atoms with Gasteiger partial charge >= 0.3 is 0 Å². The number of nitrogens with zero attached hydrogens (tertiary/aromatic N) is 2. The molecule has 0 aliphatic carbocycles. The summed E-state index contributed by atoms with van der Waals surface area (Å²) in [5.41, 5.74) is 1.21. The smallest absolute Gasteiger partial charge is 0.224 e. The second kappa shape index (κ2) is 7.07. The van der Waals surface area contributed by atoms with Crippen LogP contribution in [0.4, 0.5) is 5.82 Å². The van der Waals surface area contributed by atoms with Crippen LogP contribution < -0.4 is 10.1 Å². The molecule has 1 atom stereocenters. The summed E-state index contributed by atoms with van der Waals surface area (Å²) in [6, 6.07) is 9.97. The number of ether oxygens (including phenoxy) is 1. The van der Waals surface area contributed by atoms with Crippen molar-refractivity contribution in [1.29, 1.82) is 0 Å². The summed E-state index contributed by atoms with van der Waals surface area (Å²) in [5.74, 6) is 3.46. The van der Waals surface area contributed by atoms with Crippen LogP contribution >= 0.6 is 0 Å². The summed E-state index contributed by atoms with van der Waals surface area (Å²) in [5, 5.41) is 3.05. The first-order chi connectivity index (χ1) is 10.2. The van der Waals surface area contributed by atoms with Gasteiger partial charge in [0.2, 0.25) is 5.88 Å². The molecule has 4 nitrogen and oxygen atoms in total. The topological polar surface area (TPSA) is 47.0 Å². The molecule has 21 heavy (non-hydrogen) atoms. The third-order valence-corrected chi connectivity index (χ3v) is 3.60. The van der Waals surface area contributed by atoms with Gasteiger partial charge in [0.1, 0.15) is 17.4 Å². The highest BCUT2D eigenvalue weighted by Crippen LogP contribution is 2.31. The van der Waals surface area contributed by atoms with Crippen LogP contribution in [0.3, 0.4) is 0 Å². The van der Waals surface area contributed by atoms with Crippen molar-refractivity contribution < 1.29 is 4.74 Å². The SMILES string of the molecule is CCc1nc(NC)cc(Oc2ccccc2C(C)CC)n1. The molecule has 112 valence electrons. The number of aryl methyl sites for hydroxylation is 1. The molecule has 0 saturated heterocycles. The zero-order valence-corrected chi connectivity index (χ0v) is 13.2. The highest BCUT2D eigenvalue weighted by Gasteiger charge is 2.12. The van der Waals surface area contributed by atoms with Crippen LogP contribution in [0.25, 0.3) is 0 Å². The molecule has 1 aromatic heterocycles. The number of benzene rings is 1. The molecular weight excluding hydrogens is 262 g/mol. The van der Waals surface area contributed by atoms with Crippen molar-refractivity contribution in [1.82, 2.24) is 9.97 Å². The summed E-state index contributed by atoms with van der Waals surface area (Å²) in [7, 11) is 1.85. The highest BCUT2D eigenvalue weighted by atomic mass is 16.5. The number of anilines is 1. The summed E-state index contributed by atoms with van der Waals surface area (Å²) >= 11 is 0. The van der Waals surface area contributed by atoms with Crippen molar-refractivity contribution >= 4 is 5.82 Å². The summed E-state index contributed by atoms with van der Waals surface area (Å²) in [6.07, 6.45) is 1.85. The van der Waals surface area contributed by atoms with Crippen LogP contribution in [-0.4, -0.2) is 17.0 Å². The first-order valence-corrected chi connectivity index (χ1v) is 7.50. The Morgan fingerprint density at radius 2 is 1.95 bits per heavy atom. The Labute approximate surface area is 126 Å². The fourth-order valence-electron chi connectivity index (χ4n) is 2.12. The van der Waals surface area contributed by atoms with Gasteiger partial charge in [0.25, 0.3) is 0 Å². The van der Waals surface area contributed by atoms with Gasteiger partial charge in [0.05, 0.1) is 0 Å². The minimum Gasteiger partial charge on any atom is -0.439 e. The first kappa shape index (κ1) is 15.3. The molecule has 4 heteroatoms. The quantitative estimate of drug-likeness (QED) is 0.855. The van der Waals surface area contributed by atoms with E-state index in [-0.39, 0.29) is 0 Å². The third kappa shape index (κ3) is 3.72. The predicted molar refractivity (Wildman–Crippen MR) is 86.2 cm³/mol. The zero-order valence-electron chi connectivity index (χ0n) is 13.2. The minimum absolute atomic E-state index is 0.456. The van der Waals surface area contributed by atoms with E-state index in [9.17, 15) is 0 Å². The number of hydrogen-bond donors (Lipinski definition) is 1. The second-order valence-electron chi connectivity index (χ2n) is 5.06. The normalized spacial score (nSPS) is 12.0. The Morgan fingerprint density at radius 1 is 1.19 bits per heavy atom. The van der Waals surface area contributed by atoms with Crippen molar-refractivity contribution in [3.8, 4) is 11.6 Å². The minimum atomic E-state index is 0.456. The Kier molecular flexibility index (Phi) is 5.14. The number of para-hydroxylation sites is 1. The molecule has 1 N–H and O–H groups in total. The lowest BCUT2D eigenvalue weighted by molar-refractivity contribution is 0.449. The van der Waals surface area contributed by atoms with Crippen molar-refractivity contribution in [2.45, 2.75) is 39.5 Å². The lowest BCUT2D eigenvalue weighted by atomic mass is 9.98. The van der Waals surface area contributed by atoms with Gasteiger partial charge in [-0.05, 0) is 24.0 Å². The molecule has 0 fully saturated rings. The van der Waals surface area contributed by atoms with E-state index in [1.807, 2.05) is 38.2 Å². The fourth-order valence-corrected chi connectivity index (χ4v) is 2.12. The fraction of sp³-hybridized carbons (Fsp3) is 0.412. The van der Waals surface area contributed by atoms with Crippen LogP contribution in [0.15, 0.2) is 30.3 Å². The predicted octanol–water partition coefficient (Wildman–Crippen LogP) is 4.39. The molecule has 0 aliphatic rings. The lowest BCUT2D eigenvalue weighted by Gasteiger charge is -2.15. The first-order valence-electron chi connectivity index (χ1n) is 7.50. The highest BCUT2D eigenvalue weighted by molar-refractivity contribution is 5.42. The molecule has 0 spiro atoms. The van der Waals surface area contributed by atoms with Crippen molar-refractivity contribution in [2.75, 3.05) is 12.4 Å². The molecule has 1 heterocycles. The van der Waals surface area contributed by atoms with Gasteiger partial charge in [-0.2, -0.15) is 4.98 Å². The van der Waals surface area contributed by atoms with Gasteiger partial charge in [-0.25, -0.2) is 4.98 Å². The third-order valence-electron chi connectivity index (χ3n) is 3.60. The van der Waals surface area contributed by atoms with Crippen LogP contribution in [0.5, 0.6) is 11.6 Å². The Bertz CT molecular complexity index is 576. The molecule has 1 aromatic carbocycles. The largest absolute Gasteiger partial charge is 0.439 e. The van der Waals surface area contributed by atoms with Crippen LogP contribution in [-0.2, 0) is 6.42 Å². The van der Waals surface area contributed by atoms with E-state index < -0.39 is 0 Å². The Hall–Kier alpha value is -2.10. The molecule has 0 amide bonds. The number of aromatic nitrogens is 2. The lowest BCUT2D eigenvalue weighted by Crippen LogP contribution is -2.02. The molecule has 0 radical (unpaired) electrons. The molecule has 2 aromatic rings. The Balaban J connectivity index is 2.34. The van der Waals surface area contributed by atoms with Crippen LogP contribution in [0.2, 0.25) is 0 Å². The van der Waals surface area contributed by atoms with Gasteiger partial charge in [0.15, 0.2) is 0 Å². The van der Waals surface area contributed by atoms with Gasteiger partial charge in [-0.1, -0.05) is 39.0 Å². The van der Waals surface area contributed by atoms with Crippen molar-refractivity contribution in [3.05, 3.63) is 41.7 Å². The average Bonchev–Trinajstić information content (AvgIpc) is 2.54. The van der Waals surface area contributed by atoms with Crippen molar-refractivity contribution in [3.63, 3.8) is 0 Å². The molecule has 0 aliphatic heterocycles.